The molecule has 0 spiro atoms. The molecule has 1 saturated carbocycles. The molecule has 0 aromatic heterocycles. The van der Waals surface area contributed by atoms with Crippen molar-refractivity contribution in [2.24, 2.45) is 5.92 Å². The van der Waals surface area contributed by atoms with Crippen molar-refractivity contribution in [3.8, 4) is 11.1 Å². The van der Waals surface area contributed by atoms with Gasteiger partial charge in [0.2, 0.25) is 0 Å². The van der Waals surface area contributed by atoms with Crippen LogP contribution in [0.15, 0.2) is 109 Å². The van der Waals surface area contributed by atoms with Gasteiger partial charge in [-0.15, -0.1) is 0 Å². The van der Waals surface area contributed by atoms with Crippen molar-refractivity contribution < 1.29 is 9.53 Å². The van der Waals surface area contributed by atoms with E-state index in [-0.39, 0.29) is 17.9 Å². The van der Waals surface area contributed by atoms with Gasteiger partial charge in [-0.25, -0.2) is 0 Å². The van der Waals surface area contributed by atoms with Gasteiger partial charge in [-0.1, -0.05) is 114 Å². The van der Waals surface area contributed by atoms with Crippen molar-refractivity contribution >= 4 is 34.7 Å². The van der Waals surface area contributed by atoms with Gasteiger partial charge < -0.3 is 9.64 Å². The fourth-order valence-corrected chi connectivity index (χ4v) is 6.57. The first-order chi connectivity index (χ1) is 21.0. The van der Waals surface area contributed by atoms with Crippen molar-refractivity contribution in [2.75, 3.05) is 26.8 Å². The van der Waals surface area contributed by atoms with E-state index in [9.17, 15) is 4.79 Å². The normalized spacial score (nSPS) is 17.2. The van der Waals surface area contributed by atoms with Crippen LogP contribution in [0.2, 0.25) is 10.0 Å². The molecule has 1 atom stereocenters. The summed E-state index contributed by atoms with van der Waals surface area (Å²) in [5, 5.41) is 1.02. The predicted octanol–water partition coefficient (Wildman–Crippen LogP) is 8.38. The first-order valence-electron chi connectivity index (χ1n) is 14.9. The van der Waals surface area contributed by atoms with Crippen molar-refractivity contribution in [2.45, 2.75) is 32.0 Å². The minimum atomic E-state index is 0.0308. The Morgan fingerprint density at radius 1 is 0.860 bits per heavy atom. The molecule has 1 aliphatic carbocycles. The van der Waals surface area contributed by atoms with Crippen molar-refractivity contribution in [3.63, 3.8) is 0 Å². The van der Waals surface area contributed by atoms with Crippen LogP contribution in [-0.2, 0) is 22.6 Å². The summed E-state index contributed by atoms with van der Waals surface area (Å²) in [6.07, 6.45) is 1.98. The van der Waals surface area contributed by atoms with E-state index < -0.39 is 0 Å². The number of hydrogen-bond acceptors (Lipinski definition) is 3. The zero-order valence-electron chi connectivity index (χ0n) is 24.4. The lowest BCUT2D eigenvalue weighted by Crippen LogP contribution is -2.44. The van der Waals surface area contributed by atoms with Crippen LogP contribution in [0.4, 0.5) is 0 Å². The SMILES string of the molecule is COCC1CN(Cc2ccccc2)CC(C(=O)N(Cc2cccc(Cl)c2Cl)C2CC2)=C1c1cccc(-c2ccccc2)c1. The third-order valence-corrected chi connectivity index (χ3v) is 9.23. The quantitative estimate of drug-likeness (QED) is 0.181. The summed E-state index contributed by atoms with van der Waals surface area (Å²) in [4.78, 5) is 19.2. The van der Waals surface area contributed by atoms with E-state index in [1.165, 1.54) is 5.56 Å². The minimum absolute atomic E-state index is 0.0308. The number of hydrogen-bond donors (Lipinski definition) is 0. The van der Waals surface area contributed by atoms with Crippen LogP contribution in [0.5, 0.6) is 0 Å². The molecule has 43 heavy (non-hydrogen) atoms. The van der Waals surface area contributed by atoms with Crippen molar-refractivity contribution in [1.29, 1.82) is 0 Å². The standard InChI is InChI=1S/C37H36Cl2N2O2/c1-43-25-31-22-40(21-26-10-4-2-5-11-26)24-33(35(31)29-15-8-14-28(20-29)27-12-6-3-7-13-27)37(42)41(32-18-19-32)23-30-16-9-17-34(38)36(30)39/h2-17,20,31-32H,18-19,21-25H2,1H3. The van der Waals surface area contributed by atoms with Crippen LogP contribution >= 0.6 is 23.2 Å². The number of benzene rings is 4. The Morgan fingerprint density at radius 3 is 2.26 bits per heavy atom. The molecular formula is C37H36Cl2N2O2. The zero-order chi connectivity index (χ0) is 29.8. The number of amides is 1. The maximum atomic E-state index is 14.8. The molecule has 0 bridgehead atoms. The molecule has 2 aliphatic rings. The lowest BCUT2D eigenvalue weighted by atomic mass is 9.83. The number of methoxy groups -OCH3 is 1. The average molecular weight is 612 g/mol. The lowest BCUT2D eigenvalue weighted by molar-refractivity contribution is -0.128. The van der Waals surface area contributed by atoms with Gasteiger partial charge in [-0.2, -0.15) is 0 Å². The molecule has 1 amide bonds. The summed E-state index contributed by atoms with van der Waals surface area (Å²) in [6, 6.07) is 35.3. The predicted molar refractivity (Wildman–Crippen MR) is 176 cm³/mol. The van der Waals surface area contributed by atoms with E-state index in [0.29, 0.717) is 29.7 Å². The number of rotatable bonds is 10. The molecule has 0 N–H and O–H groups in total. The molecule has 1 fully saturated rings. The second-order valence-corrected chi connectivity index (χ2v) is 12.3. The number of carbonyl (C=O) groups excluding carboxylic acids is 1. The van der Waals surface area contributed by atoms with Gasteiger partial charge >= 0.3 is 0 Å². The van der Waals surface area contributed by atoms with Crippen LogP contribution in [-0.4, -0.2) is 48.6 Å². The highest BCUT2D eigenvalue weighted by Crippen LogP contribution is 2.39. The van der Waals surface area contributed by atoms with Crippen LogP contribution in [0.1, 0.15) is 29.5 Å². The zero-order valence-corrected chi connectivity index (χ0v) is 25.9. The summed E-state index contributed by atoms with van der Waals surface area (Å²) >= 11 is 13.0. The Balaban J connectivity index is 1.44. The first kappa shape index (κ1) is 29.7. The third-order valence-electron chi connectivity index (χ3n) is 8.37. The van der Waals surface area contributed by atoms with E-state index in [2.05, 4.69) is 77.7 Å². The highest BCUT2D eigenvalue weighted by atomic mass is 35.5. The molecule has 220 valence electrons. The average Bonchev–Trinajstić information content (AvgIpc) is 3.88. The van der Waals surface area contributed by atoms with Crippen LogP contribution < -0.4 is 0 Å². The summed E-state index contributed by atoms with van der Waals surface area (Å²) in [5.74, 6) is 0.0979. The number of carbonyl (C=O) groups is 1. The molecule has 4 aromatic rings. The van der Waals surface area contributed by atoms with Crippen molar-refractivity contribution in [3.05, 3.63) is 135 Å². The smallest absolute Gasteiger partial charge is 0.251 e. The van der Waals surface area contributed by atoms with Crippen LogP contribution in [0.3, 0.4) is 0 Å². The fraction of sp³-hybridized carbons (Fsp3) is 0.270. The molecule has 1 heterocycles. The second-order valence-electron chi connectivity index (χ2n) is 11.5. The van der Waals surface area contributed by atoms with E-state index >= 15 is 0 Å². The highest BCUT2D eigenvalue weighted by molar-refractivity contribution is 6.42. The topological polar surface area (TPSA) is 32.8 Å². The Labute approximate surface area is 264 Å². The van der Waals surface area contributed by atoms with Gasteiger partial charge in [-0.3, -0.25) is 9.69 Å². The Bertz CT molecular complexity index is 1600. The molecular weight excluding hydrogens is 575 g/mol. The van der Waals surface area contributed by atoms with E-state index in [0.717, 1.165) is 59.3 Å². The summed E-state index contributed by atoms with van der Waals surface area (Å²) in [6.45, 7) is 3.08. The van der Waals surface area contributed by atoms with Crippen molar-refractivity contribution in [1.82, 2.24) is 9.80 Å². The monoisotopic (exact) mass is 610 g/mol. The molecule has 0 saturated heterocycles. The number of ether oxygens (including phenoxy) is 1. The molecule has 0 radical (unpaired) electrons. The molecule has 1 unspecified atom stereocenters. The Kier molecular flexibility index (Phi) is 9.30. The highest BCUT2D eigenvalue weighted by Gasteiger charge is 2.39. The first-order valence-corrected chi connectivity index (χ1v) is 15.7. The summed E-state index contributed by atoms with van der Waals surface area (Å²) in [7, 11) is 1.74. The number of nitrogens with zero attached hydrogens (tertiary/aromatic N) is 2. The van der Waals surface area contributed by atoms with E-state index in [1.807, 2.05) is 29.2 Å². The van der Waals surface area contributed by atoms with Gasteiger partial charge in [0.25, 0.3) is 5.91 Å². The number of halogens is 2. The van der Waals surface area contributed by atoms with Crippen LogP contribution in [0, 0.1) is 5.92 Å². The molecule has 6 rings (SSSR count). The van der Waals surface area contributed by atoms with Gasteiger partial charge in [-0.05, 0) is 58.4 Å². The van der Waals surface area contributed by atoms with Gasteiger partial charge in [0.1, 0.15) is 0 Å². The third kappa shape index (κ3) is 6.89. The van der Waals surface area contributed by atoms with E-state index in [1.54, 1.807) is 13.2 Å². The largest absolute Gasteiger partial charge is 0.384 e. The van der Waals surface area contributed by atoms with Crippen LogP contribution in [0.25, 0.3) is 16.7 Å². The molecule has 6 heteroatoms. The maximum Gasteiger partial charge on any atom is 0.251 e. The molecule has 4 aromatic carbocycles. The van der Waals surface area contributed by atoms with Gasteiger partial charge in [0.15, 0.2) is 0 Å². The van der Waals surface area contributed by atoms with Gasteiger partial charge in [0.05, 0.1) is 16.7 Å². The second kappa shape index (κ2) is 13.5. The lowest BCUT2D eigenvalue weighted by Gasteiger charge is -2.38. The Hall–Kier alpha value is -3.41. The summed E-state index contributed by atoms with van der Waals surface area (Å²) in [5.41, 5.74) is 7.36. The van der Waals surface area contributed by atoms with E-state index in [4.69, 9.17) is 27.9 Å². The fourth-order valence-electron chi connectivity index (χ4n) is 6.19. The van der Waals surface area contributed by atoms with Gasteiger partial charge in [0, 0.05) is 50.8 Å². The molecule has 1 aliphatic heterocycles. The Morgan fingerprint density at radius 2 is 1.53 bits per heavy atom. The molecule has 4 nitrogen and oxygen atoms in total. The summed E-state index contributed by atoms with van der Waals surface area (Å²) < 4.78 is 5.80. The maximum absolute atomic E-state index is 14.8. The minimum Gasteiger partial charge on any atom is -0.384 e.